The van der Waals surface area contributed by atoms with Crippen LogP contribution in [-0.2, 0) is 14.2 Å². The molecule has 2 saturated heterocycles. The van der Waals surface area contributed by atoms with Crippen LogP contribution in [0, 0.1) is 0 Å². The van der Waals surface area contributed by atoms with Crippen molar-refractivity contribution in [1.29, 1.82) is 0 Å². The first kappa shape index (κ1) is 22.0. The van der Waals surface area contributed by atoms with Crippen molar-refractivity contribution < 1.29 is 23.8 Å². The predicted molar refractivity (Wildman–Crippen MR) is 119 cm³/mol. The fraction of sp³-hybridized carbons (Fsp3) is 0.591. The summed E-state index contributed by atoms with van der Waals surface area (Å²) in [6.07, 6.45) is 4.37. The van der Waals surface area contributed by atoms with E-state index in [0.29, 0.717) is 29.0 Å². The van der Waals surface area contributed by atoms with Gasteiger partial charge in [0.2, 0.25) is 0 Å². The van der Waals surface area contributed by atoms with Gasteiger partial charge in [-0.05, 0) is 44.1 Å². The van der Waals surface area contributed by atoms with Crippen LogP contribution in [0.2, 0.25) is 0 Å². The number of nitrogens with one attached hydrogen (secondary N) is 3. The molecular weight excluding hydrogens is 418 g/mol. The van der Waals surface area contributed by atoms with Crippen molar-refractivity contribution in [2.45, 2.75) is 69.4 Å². The first-order valence-corrected chi connectivity index (χ1v) is 11.3. The number of amides is 1. The summed E-state index contributed by atoms with van der Waals surface area (Å²) >= 11 is 5.48. The summed E-state index contributed by atoms with van der Waals surface area (Å²) < 4.78 is 17.3. The molecule has 4 atom stereocenters. The van der Waals surface area contributed by atoms with Crippen molar-refractivity contribution >= 4 is 34.9 Å². The lowest BCUT2D eigenvalue weighted by Crippen LogP contribution is -2.50. The summed E-state index contributed by atoms with van der Waals surface area (Å²) in [6.45, 7) is 2.17. The van der Waals surface area contributed by atoms with E-state index < -0.39 is 12.2 Å². The summed E-state index contributed by atoms with van der Waals surface area (Å²) in [4.78, 5) is 23.9. The maximum Gasteiger partial charge on any atom is 0.412 e. The second-order valence-electron chi connectivity index (χ2n) is 8.36. The van der Waals surface area contributed by atoms with Crippen LogP contribution in [-0.4, -0.2) is 60.6 Å². The number of thiocarbonyl (C=S) groups is 1. The highest BCUT2D eigenvalue weighted by Crippen LogP contribution is 2.29. The molecule has 2 aliphatic heterocycles. The third-order valence-electron chi connectivity index (χ3n) is 6.04. The third-order valence-corrected chi connectivity index (χ3v) is 6.27. The molecule has 4 rings (SSSR count). The van der Waals surface area contributed by atoms with Gasteiger partial charge in [-0.2, -0.15) is 0 Å². The minimum Gasteiger partial charge on any atom is -0.441 e. The van der Waals surface area contributed by atoms with Gasteiger partial charge in [-0.25, -0.2) is 4.79 Å². The highest BCUT2D eigenvalue weighted by Gasteiger charge is 2.49. The van der Waals surface area contributed by atoms with E-state index in [0.717, 1.165) is 12.8 Å². The number of Topliss-reactive ketones (excluding diaryl/α,β-unsaturated/α-hetero) is 1. The molecule has 0 spiro atoms. The Kier molecular flexibility index (Phi) is 7.04. The van der Waals surface area contributed by atoms with E-state index >= 15 is 0 Å². The zero-order valence-electron chi connectivity index (χ0n) is 17.6. The van der Waals surface area contributed by atoms with E-state index in [1.165, 1.54) is 26.2 Å². The van der Waals surface area contributed by atoms with Crippen molar-refractivity contribution in [2.75, 3.05) is 18.5 Å². The summed E-state index contributed by atoms with van der Waals surface area (Å²) in [6, 6.07) is 7.07. The van der Waals surface area contributed by atoms with Crippen molar-refractivity contribution in [3.05, 3.63) is 29.8 Å². The number of ketones is 1. The lowest BCUT2D eigenvalue weighted by molar-refractivity contribution is 0.00879. The molecule has 3 fully saturated rings. The highest BCUT2D eigenvalue weighted by molar-refractivity contribution is 7.80. The molecular formula is C22H29N3O5S. The van der Waals surface area contributed by atoms with Crippen LogP contribution < -0.4 is 16.0 Å². The number of anilines is 1. The van der Waals surface area contributed by atoms with Gasteiger partial charge in [-0.3, -0.25) is 10.1 Å². The Balaban J connectivity index is 1.26. The van der Waals surface area contributed by atoms with E-state index in [4.69, 9.17) is 26.4 Å². The molecule has 0 radical (unpaired) electrons. The molecule has 3 N–H and O–H groups in total. The monoisotopic (exact) mass is 447 g/mol. The number of fused-ring (bicyclic) bond motifs is 1. The Bertz CT molecular complexity index is 829. The number of carbonyl (C=O) groups excluding carboxylic acids is 2. The molecule has 0 unspecified atom stereocenters. The average molecular weight is 448 g/mol. The number of carbonyl (C=O) groups is 2. The summed E-state index contributed by atoms with van der Waals surface area (Å²) in [5, 5.41) is 9.99. The molecule has 1 aromatic carbocycles. The Hall–Kier alpha value is -2.23. The number of benzene rings is 1. The molecule has 9 heteroatoms. The molecule has 1 aliphatic carbocycles. The van der Waals surface area contributed by atoms with E-state index in [-0.39, 0.29) is 30.6 Å². The van der Waals surface area contributed by atoms with Crippen LogP contribution in [0.15, 0.2) is 24.3 Å². The van der Waals surface area contributed by atoms with E-state index in [1.54, 1.807) is 24.3 Å². The molecule has 31 heavy (non-hydrogen) atoms. The normalized spacial score (nSPS) is 27.9. The van der Waals surface area contributed by atoms with Crippen LogP contribution in [0.4, 0.5) is 10.5 Å². The van der Waals surface area contributed by atoms with Gasteiger partial charge in [0.05, 0.1) is 19.3 Å². The van der Waals surface area contributed by atoms with Crippen molar-refractivity contribution in [3.63, 3.8) is 0 Å². The third kappa shape index (κ3) is 5.53. The summed E-state index contributed by atoms with van der Waals surface area (Å²) in [7, 11) is 0. The minimum atomic E-state index is -0.607. The molecule has 1 amide bonds. The predicted octanol–water partition coefficient (Wildman–Crippen LogP) is 2.77. The zero-order chi connectivity index (χ0) is 21.8. The largest absolute Gasteiger partial charge is 0.441 e. The van der Waals surface area contributed by atoms with E-state index in [2.05, 4.69) is 16.0 Å². The lowest BCUT2D eigenvalue weighted by atomic mass is 9.96. The second-order valence-corrected chi connectivity index (χ2v) is 8.77. The van der Waals surface area contributed by atoms with E-state index in [9.17, 15) is 9.59 Å². The van der Waals surface area contributed by atoms with Crippen molar-refractivity contribution in [2.24, 2.45) is 0 Å². The second kappa shape index (κ2) is 9.93. The molecule has 1 aromatic rings. The first-order chi connectivity index (χ1) is 15.0. The standard InChI is InChI=1S/C22H29N3O5S/c1-13(26)14-6-5-9-16(10-14)24-22(27)30-18-12-29-19-17(11-28-20(18)19)25-21(31)23-15-7-3-2-4-8-15/h5-6,9-10,15,17-20H,2-4,7-8,11-12H2,1H3,(H,24,27)(H2,23,25,31)/t17-,18-,19-,20+/m0/s1. The van der Waals surface area contributed by atoms with Gasteiger partial charge in [0, 0.05) is 17.3 Å². The van der Waals surface area contributed by atoms with Gasteiger partial charge in [0.1, 0.15) is 12.2 Å². The zero-order valence-corrected chi connectivity index (χ0v) is 18.4. The molecule has 1 saturated carbocycles. The van der Waals surface area contributed by atoms with Gasteiger partial charge in [0.15, 0.2) is 17.0 Å². The van der Waals surface area contributed by atoms with Crippen LogP contribution in [0.1, 0.15) is 49.4 Å². The quantitative estimate of drug-likeness (QED) is 0.468. The van der Waals surface area contributed by atoms with Crippen molar-refractivity contribution in [1.82, 2.24) is 10.6 Å². The molecule has 0 bridgehead atoms. The van der Waals surface area contributed by atoms with E-state index in [1.807, 2.05) is 0 Å². The average Bonchev–Trinajstić information content (AvgIpc) is 3.32. The molecule has 0 aromatic heterocycles. The first-order valence-electron chi connectivity index (χ1n) is 10.9. The summed E-state index contributed by atoms with van der Waals surface area (Å²) in [5.41, 5.74) is 1.02. The Labute approximate surface area is 187 Å². The Morgan fingerprint density at radius 3 is 2.61 bits per heavy atom. The SMILES string of the molecule is CC(=O)c1cccc(NC(=O)O[C@H]2CO[C@@H]3[C@@H]2OC[C@@H]3NC(=S)NC2CCCCC2)c1. The topological polar surface area (TPSA) is 97.9 Å². The van der Waals surface area contributed by atoms with Gasteiger partial charge < -0.3 is 24.8 Å². The maximum absolute atomic E-state index is 12.3. The number of hydrogen-bond acceptors (Lipinski definition) is 6. The lowest BCUT2D eigenvalue weighted by Gasteiger charge is -2.26. The fourth-order valence-electron chi connectivity index (χ4n) is 4.43. The van der Waals surface area contributed by atoms with Gasteiger partial charge in [0.25, 0.3) is 0 Å². The van der Waals surface area contributed by atoms with Crippen molar-refractivity contribution in [3.8, 4) is 0 Å². The Morgan fingerprint density at radius 1 is 1.06 bits per heavy atom. The van der Waals surface area contributed by atoms with Gasteiger partial charge in [-0.1, -0.05) is 31.4 Å². The van der Waals surface area contributed by atoms with Gasteiger partial charge in [-0.15, -0.1) is 0 Å². The number of ether oxygens (including phenoxy) is 3. The van der Waals surface area contributed by atoms with Gasteiger partial charge >= 0.3 is 6.09 Å². The van der Waals surface area contributed by atoms with Crippen LogP contribution in [0.3, 0.4) is 0 Å². The highest BCUT2D eigenvalue weighted by atomic mass is 32.1. The molecule has 168 valence electrons. The number of rotatable bonds is 5. The van der Waals surface area contributed by atoms with Crippen LogP contribution in [0.5, 0.6) is 0 Å². The number of hydrogen-bond donors (Lipinski definition) is 3. The van der Waals surface area contributed by atoms with Crippen LogP contribution in [0.25, 0.3) is 0 Å². The molecule has 3 aliphatic rings. The maximum atomic E-state index is 12.3. The minimum absolute atomic E-state index is 0.0714. The molecule has 8 nitrogen and oxygen atoms in total. The molecule has 2 heterocycles. The smallest absolute Gasteiger partial charge is 0.412 e. The fourth-order valence-corrected chi connectivity index (χ4v) is 4.75. The summed E-state index contributed by atoms with van der Waals surface area (Å²) in [5.74, 6) is -0.0714. The Morgan fingerprint density at radius 2 is 1.84 bits per heavy atom. The van der Waals surface area contributed by atoms with Crippen LogP contribution >= 0.6 is 12.2 Å².